The van der Waals surface area contributed by atoms with E-state index in [1.165, 1.54) is 77.0 Å². The third-order valence-corrected chi connectivity index (χ3v) is 5.94. The number of rotatable bonds is 15. The van der Waals surface area contributed by atoms with Crippen LogP contribution in [0.2, 0.25) is 0 Å². The highest BCUT2D eigenvalue weighted by atomic mass is 35.5. The average molecular weight is 350 g/mol. The molecule has 0 aliphatic rings. The van der Waals surface area contributed by atoms with E-state index in [1.54, 1.807) is 0 Å². The third kappa shape index (κ3) is 12.3. The molecule has 0 spiro atoms. The van der Waals surface area contributed by atoms with Crippen molar-refractivity contribution in [1.29, 1.82) is 0 Å². The molecule has 1 unspecified atom stereocenters. The van der Waals surface area contributed by atoms with Gasteiger partial charge < -0.3 is 11.3 Å². The van der Waals surface area contributed by atoms with Crippen molar-refractivity contribution in [3.8, 4) is 0 Å². The summed E-state index contributed by atoms with van der Waals surface area (Å²) in [5.74, 6) is 0. The number of halogens is 1. The molecule has 23 heavy (non-hydrogen) atoms. The van der Waals surface area contributed by atoms with Gasteiger partial charge in [0, 0.05) is 5.41 Å². The molecular formula is C20H44ClNO. The maximum Gasteiger partial charge on any atom is 0.143 e. The zero-order valence-electron chi connectivity index (χ0n) is 16.4. The summed E-state index contributed by atoms with van der Waals surface area (Å²) in [6.07, 6.45) is 18.0. The lowest BCUT2D eigenvalue weighted by molar-refractivity contribution is -0.00150. The highest BCUT2D eigenvalue weighted by Gasteiger charge is 2.39. The molecule has 3 heteroatoms. The van der Waals surface area contributed by atoms with Gasteiger partial charge in [-0.2, -0.15) is 0 Å². The maximum atomic E-state index is 10.2. The number of hydrogen-bond donors (Lipinski definition) is 2. The number of aliphatic hydroxyl groups is 1. The van der Waals surface area contributed by atoms with E-state index in [1.807, 2.05) is 6.92 Å². The monoisotopic (exact) mass is 349 g/mol. The summed E-state index contributed by atoms with van der Waals surface area (Å²) < 4.78 is 0. The molecule has 4 N–H and O–H groups in total. The van der Waals surface area contributed by atoms with Crippen LogP contribution in [-0.2, 0) is 0 Å². The summed E-state index contributed by atoms with van der Waals surface area (Å²) in [5, 5.41) is 9.14. The van der Waals surface area contributed by atoms with Crippen LogP contribution < -0.4 is 6.15 Å². The van der Waals surface area contributed by atoms with Crippen molar-refractivity contribution in [2.45, 2.75) is 123 Å². The van der Waals surface area contributed by atoms with Gasteiger partial charge in [0.25, 0.3) is 0 Å². The Morgan fingerprint density at radius 3 is 1.39 bits per heavy atom. The lowest BCUT2D eigenvalue weighted by Crippen LogP contribution is -2.38. The van der Waals surface area contributed by atoms with E-state index in [2.05, 4.69) is 20.8 Å². The van der Waals surface area contributed by atoms with E-state index in [0.717, 1.165) is 6.42 Å². The third-order valence-electron chi connectivity index (χ3n) is 5.16. The van der Waals surface area contributed by atoms with Crippen molar-refractivity contribution in [1.82, 2.24) is 6.15 Å². The highest BCUT2D eigenvalue weighted by molar-refractivity contribution is 6.23. The molecule has 0 fully saturated rings. The van der Waals surface area contributed by atoms with Gasteiger partial charge in [-0.3, -0.25) is 0 Å². The van der Waals surface area contributed by atoms with Crippen molar-refractivity contribution in [2.75, 3.05) is 0 Å². The van der Waals surface area contributed by atoms with Crippen molar-refractivity contribution >= 4 is 11.6 Å². The van der Waals surface area contributed by atoms with Gasteiger partial charge >= 0.3 is 0 Å². The van der Waals surface area contributed by atoms with E-state index in [4.69, 9.17) is 11.6 Å². The summed E-state index contributed by atoms with van der Waals surface area (Å²) in [5.41, 5.74) is -0.193. The predicted molar refractivity (Wildman–Crippen MR) is 106 cm³/mol. The molecule has 0 saturated heterocycles. The van der Waals surface area contributed by atoms with Gasteiger partial charge in [-0.25, -0.2) is 0 Å². The zero-order chi connectivity index (χ0) is 16.9. The second-order valence-corrected chi connectivity index (χ2v) is 8.26. The fourth-order valence-electron chi connectivity index (χ4n) is 3.08. The summed E-state index contributed by atoms with van der Waals surface area (Å²) in [6.45, 7) is 8.40. The SMILES string of the molecule is CCCCCCCCCCCCCCC(C)(C)C(O)(Cl)CC.N. The van der Waals surface area contributed by atoms with E-state index in [9.17, 15) is 5.11 Å². The van der Waals surface area contributed by atoms with Crippen LogP contribution in [0.3, 0.4) is 0 Å². The van der Waals surface area contributed by atoms with E-state index in [0.29, 0.717) is 6.42 Å². The molecule has 0 amide bonds. The first kappa shape index (κ1) is 25.5. The van der Waals surface area contributed by atoms with Crippen molar-refractivity contribution in [3.05, 3.63) is 0 Å². The molecule has 0 saturated carbocycles. The lowest BCUT2D eigenvalue weighted by Gasteiger charge is -2.37. The summed E-state index contributed by atoms with van der Waals surface area (Å²) in [7, 11) is 0. The minimum Gasteiger partial charge on any atom is -0.374 e. The first-order valence-corrected chi connectivity index (χ1v) is 10.2. The number of unbranched alkanes of at least 4 members (excludes halogenated alkanes) is 11. The second-order valence-electron chi connectivity index (χ2n) is 7.64. The Labute approximate surface area is 151 Å². The molecule has 0 aromatic rings. The predicted octanol–water partition coefficient (Wildman–Crippen LogP) is 7.60. The van der Waals surface area contributed by atoms with Gasteiger partial charge in [0.1, 0.15) is 5.06 Å². The molecule has 0 bridgehead atoms. The minimum absolute atomic E-state index is 0. The maximum absolute atomic E-state index is 10.2. The van der Waals surface area contributed by atoms with Crippen LogP contribution in [0.4, 0.5) is 0 Å². The Balaban J connectivity index is 0. The smallest absolute Gasteiger partial charge is 0.143 e. The molecule has 0 aromatic heterocycles. The number of alkyl halides is 1. The zero-order valence-corrected chi connectivity index (χ0v) is 17.2. The average Bonchev–Trinajstić information content (AvgIpc) is 2.48. The number of hydrogen-bond acceptors (Lipinski definition) is 2. The van der Waals surface area contributed by atoms with Crippen LogP contribution in [0.15, 0.2) is 0 Å². The molecule has 0 heterocycles. The van der Waals surface area contributed by atoms with Crippen LogP contribution in [0.5, 0.6) is 0 Å². The highest BCUT2D eigenvalue weighted by Crippen LogP contribution is 2.41. The van der Waals surface area contributed by atoms with Gasteiger partial charge in [-0.05, 0) is 12.8 Å². The minimum atomic E-state index is -1.05. The van der Waals surface area contributed by atoms with Crippen LogP contribution in [0.25, 0.3) is 0 Å². The molecule has 0 aromatic carbocycles. The lowest BCUT2D eigenvalue weighted by atomic mass is 9.79. The molecule has 0 aliphatic carbocycles. The molecule has 2 nitrogen and oxygen atoms in total. The molecule has 1 atom stereocenters. The van der Waals surface area contributed by atoms with Gasteiger partial charge in [0.2, 0.25) is 0 Å². The second kappa shape index (κ2) is 14.5. The topological polar surface area (TPSA) is 55.2 Å². The molecule has 0 aliphatic heterocycles. The van der Waals surface area contributed by atoms with Gasteiger partial charge in [-0.15, -0.1) is 0 Å². The summed E-state index contributed by atoms with van der Waals surface area (Å²) in [6, 6.07) is 0. The molecular weight excluding hydrogens is 306 g/mol. The van der Waals surface area contributed by atoms with Crippen LogP contribution in [-0.4, -0.2) is 10.2 Å². The standard InChI is InChI=1S/C20H41ClO.H3N/c1-5-7-8-9-10-11-12-13-14-15-16-17-18-19(3,4)20(21,22)6-2;/h22H,5-18H2,1-4H3;1H3. The van der Waals surface area contributed by atoms with Gasteiger partial charge in [-0.1, -0.05) is 116 Å². The van der Waals surface area contributed by atoms with Gasteiger partial charge in [0.05, 0.1) is 0 Å². The quantitative estimate of drug-likeness (QED) is 0.236. The Bertz CT molecular complexity index is 254. The van der Waals surface area contributed by atoms with Crippen LogP contribution in [0.1, 0.15) is 118 Å². The van der Waals surface area contributed by atoms with Crippen molar-refractivity contribution in [2.24, 2.45) is 5.41 Å². The molecule has 0 rings (SSSR count). The van der Waals surface area contributed by atoms with Crippen molar-refractivity contribution in [3.63, 3.8) is 0 Å². The summed E-state index contributed by atoms with van der Waals surface area (Å²) >= 11 is 6.21. The van der Waals surface area contributed by atoms with Crippen LogP contribution in [0, 0.1) is 5.41 Å². The largest absolute Gasteiger partial charge is 0.374 e. The van der Waals surface area contributed by atoms with E-state index in [-0.39, 0.29) is 11.6 Å². The molecule has 0 radical (unpaired) electrons. The fourth-order valence-corrected chi connectivity index (χ4v) is 3.17. The van der Waals surface area contributed by atoms with Crippen LogP contribution >= 0.6 is 11.6 Å². The Morgan fingerprint density at radius 1 is 0.696 bits per heavy atom. The fraction of sp³-hybridized carbons (Fsp3) is 1.00. The van der Waals surface area contributed by atoms with E-state index >= 15 is 0 Å². The Hall–Kier alpha value is 0.210. The summed E-state index contributed by atoms with van der Waals surface area (Å²) in [4.78, 5) is 0. The normalized spacial score (nSPS) is 14.3. The first-order chi connectivity index (χ1) is 10.4. The van der Waals surface area contributed by atoms with Gasteiger partial charge in [0.15, 0.2) is 0 Å². The Morgan fingerprint density at radius 2 is 1.04 bits per heavy atom. The first-order valence-electron chi connectivity index (χ1n) is 9.78. The van der Waals surface area contributed by atoms with Crippen molar-refractivity contribution < 1.29 is 5.11 Å². The Kier molecular flexibility index (Phi) is 16.1. The molecule has 142 valence electrons. The van der Waals surface area contributed by atoms with E-state index < -0.39 is 5.06 Å².